The lowest BCUT2D eigenvalue weighted by Gasteiger charge is -2.26. The Morgan fingerprint density at radius 1 is 1.43 bits per heavy atom. The van der Waals surface area contributed by atoms with Crippen LogP contribution in [-0.2, 0) is 0 Å². The van der Waals surface area contributed by atoms with Crippen LogP contribution in [0.1, 0.15) is 47.0 Å². The molecule has 2 unspecified atom stereocenters. The molecule has 0 bridgehead atoms. The van der Waals surface area contributed by atoms with Crippen LogP contribution in [0, 0.1) is 11.8 Å². The van der Waals surface area contributed by atoms with Gasteiger partial charge in [0.15, 0.2) is 0 Å². The molecule has 1 aliphatic rings. The van der Waals surface area contributed by atoms with E-state index in [4.69, 9.17) is 5.14 Å². The van der Waals surface area contributed by atoms with E-state index in [0.29, 0.717) is 17.5 Å². The van der Waals surface area contributed by atoms with E-state index in [1.807, 2.05) is 18.2 Å². The van der Waals surface area contributed by atoms with E-state index in [0.717, 1.165) is 16.8 Å². The second kappa shape index (κ2) is 7.86. The molecule has 0 aromatic carbocycles. The average Bonchev–Trinajstić information content (AvgIpc) is 2.76. The van der Waals surface area contributed by atoms with Crippen molar-refractivity contribution in [2.75, 3.05) is 18.9 Å². The van der Waals surface area contributed by atoms with Crippen LogP contribution in [0.25, 0.3) is 0 Å². The minimum Gasteiger partial charge on any atom is -0.367 e. The Labute approximate surface area is 145 Å². The molecule has 5 heteroatoms. The summed E-state index contributed by atoms with van der Waals surface area (Å²) in [7, 11) is 2.25. The number of pyridine rings is 1. The van der Waals surface area contributed by atoms with Crippen molar-refractivity contribution < 1.29 is 0 Å². The Kier molecular flexibility index (Phi) is 6.34. The molecule has 0 radical (unpaired) electrons. The van der Waals surface area contributed by atoms with Crippen molar-refractivity contribution in [3.8, 4) is 0 Å². The molecule has 2 rings (SSSR count). The summed E-state index contributed by atoms with van der Waals surface area (Å²) in [5.74, 6) is 2.32. The van der Waals surface area contributed by atoms with Gasteiger partial charge in [0.25, 0.3) is 0 Å². The number of aromatic nitrogens is 1. The van der Waals surface area contributed by atoms with Crippen LogP contribution < -0.4 is 10.5 Å². The zero-order valence-electron chi connectivity index (χ0n) is 15.2. The van der Waals surface area contributed by atoms with Gasteiger partial charge in [-0.05, 0) is 76.1 Å². The van der Waals surface area contributed by atoms with Crippen LogP contribution in [0.5, 0.6) is 0 Å². The smallest absolute Gasteiger partial charge is 0.127 e. The number of nitrogens with two attached hydrogens (primary N) is 1. The molecule has 23 heavy (non-hydrogen) atoms. The molecule has 2 heterocycles. The first kappa shape index (κ1) is 18.6. The molecule has 1 aliphatic heterocycles. The molecule has 130 valence electrons. The molecule has 1 fully saturated rings. The summed E-state index contributed by atoms with van der Waals surface area (Å²) in [4.78, 5) is 7.05. The lowest BCUT2D eigenvalue weighted by Crippen LogP contribution is -2.34. The molecule has 0 amide bonds. The molecule has 1 saturated heterocycles. The van der Waals surface area contributed by atoms with E-state index in [9.17, 15) is 0 Å². The van der Waals surface area contributed by atoms with Gasteiger partial charge < -0.3 is 10.2 Å². The molecule has 1 aromatic rings. The van der Waals surface area contributed by atoms with Crippen LogP contribution in [0.15, 0.2) is 23.2 Å². The second-order valence-electron chi connectivity index (χ2n) is 7.81. The molecular weight excluding hydrogens is 304 g/mol. The lowest BCUT2D eigenvalue weighted by atomic mass is 9.89. The number of hydrogen-bond acceptors (Lipinski definition) is 5. The Morgan fingerprint density at radius 2 is 2.17 bits per heavy atom. The van der Waals surface area contributed by atoms with Crippen LogP contribution in [-0.4, -0.2) is 35.1 Å². The molecule has 0 saturated carbocycles. The molecule has 4 nitrogen and oxygen atoms in total. The van der Waals surface area contributed by atoms with E-state index in [1.165, 1.54) is 37.8 Å². The van der Waals surface area contributed by atoms with Crippen molar-refractivity contribution in [1.82, 2.24) is 9.88 Å². The summed E-state index contributed by atoms with van der Waals surface area (Å²) in [5, 5.41) is 10.1. The fourth-order valence-electron chi connectivity index (χ4n) is 3.49. The first-order valence-corrected chi connectivity index (χ1v) is 9.51. The normalized spacial score (nSPS) is 22.5. The van der Waals surface area contributed by atoms with E-state index in [1.54, 1.807) is 0 Å². The number of nitrogens with zero attached hydrogens (tertiary/aromatic N) is 2. The number of anilines is 1. The quantitative estimate of drug-likeness (QED) is 0.737. The van der Waals surface area contributed by atoms with Crippen LogP contribution in [0.3, 0.4) is 0 Å². The number of nitrogens with one attached hydrogen (secondary N) is 1. The van der Waals surface area contributed by atoms with Crippen LogP contribution in [0.4, 0.5) is 5.82 Å². The van der Waals surface area contributed by atoms with Crippen molar-refractivity contribution in [3.05, 3.63) is 18.2 Å². The summed E-state index contributed by atoms with van der Waals surface area (Å²) in [6.07, 6.45) is 3.76. The highest BCUT2D eigenvalue weighted by molar-refractivity contribution is 7.97. The van der Waals surface area contributed by atoms with Crippen molar-refractivity contribution in [3.63, 3.8) is 0 Å². The van der Waals surface area contributed by atoms with Gasteiger partial charge in [-0.15, -0.1) is 0 Å². The van der Waals surface area contributed by atoms with Crippen molar-refractivity contribution in [1.29, 1.82) is 0 Å². The van der Waals surface area contributed by atoms with Gasteiger partial charge in [0.1, 0.15) is 10.8 Å². The van der Waals surface area contributed by atoms with E-state index >= 15 is 0 Å². The van der Waals surface area contributed by atoms with Gasteiger partial charge in [-0.3, -0.25) is 5.14 Å². The average molecular weight is 337 g/mol. The standard InChI is InChI=1S/C18H32N4S/c1-13(2)15(20-16-7-6-8-17(21-16)23-19)10-9-14-11-18(3,4)22(5)12-14/h6-8,13-15H,9-12,19H2,1-5H3,(H,20,21). The predicted molar refractivity (Wildman–Crippen MR) is 101 cm³/mol. The maximum atomic E-state index is 5.61. The number of rotatable bonds is 7. The molecule has 1 aromatic heterocycles. The van der Waals surface area contributed by atoms with E-state index in [2.05, 4.69) is 49.9 Å². The fraction of sp³-hybridized carbons (Fsp3) is 0.722. The Bertz CT molecular complexity index is 504. The van der Waals surface area contributed by atoms with Gasteiger partial charge in [-0.1, -0.05) is 19.9 Å². The summed E-state index contributed by atoms with van der Waals surface area (Å²) >= 11 is 1.20. The first-order chi connectivity index (χ1) is 10.8. The summed E-state index contributed by atoms with van der Waals surface area (Å²) < 4.78 is 0. The number of hydrogen-bond donors (Lipinski definition) is 2. The van der Waals surface area contributed by atoms with Gasteiger partial charge >= 0.3 is 0 Å². The third kappa shape index (κ3) is 5.10. The largest absolute Gasteiger partial charge is 0.367 e. The van der Waals surface area contributed by atoms with Gasteiger partial charge in [0.05, 0.1) is 0 Å². The lowest BCUT2D eigenvalue weighted by molar-refractivity contribution is 0.218. The minimum absolute atomic E-state index is 0.347. The maximum Gasteiger partial charge on any atom is 0.127 e. The van der Waals surface area contributed by atoms with E-state index < -0.39 is 0 Å². The molecule has 3 N–H and O–H groups in total. The van der Waals surface area contributed by atoms with Crippen LogP contribution in [0.2, 0.25) is 0 Å². The van der Waals surface area contributed by atoms with Gasteiger partial charge in [-0.25, -0.2) is 4.98 Å². The highest BCUT2D eigenvalue weighted by Gasteiger charge is 2.35. The van der Waals surface area contributed by atoms with Gasteiger partial charge in [-0.2, -0.15) is 0 Å². The summed E-state index contributed by atoms with van der Waals surface area (Å²) in [6, 6.07) is 6.43. The van der Waals surface area contributed by atoms with Gasteiger partial charge in [0, 0.05) is 18.1 Å². The monoisotopic (exact) mass is 336 g/mol. The zero-order chi connectivity index (χ0) is 17.0. The molecule has 0 aliphatic carbocycles. The van der Waals surface area contributed by atoms with Crippen molar-refractivity contribution in [2.45, 2.75) is 63.6 Å². The van der Waals surface area contributed by atoms with Crippen molar-refractivity contribution >= 4 is 17.8 Å². The molecule has 2 atom stereocenters. The highest BCUT2D eigenvalue weighted by atomic mass is 32.2. The highest BCUT2D eigenvalue weighted by Crippen LogP contribution is 2.34. The Hall–Kier alpha value is -0.780. The molecular formula is C18H32N4S. The Balaban J connectivity index is 1.92. The van der Waals surface area contributed by atoms with Crippen molar-refractivity contribution in [2.24, 2.45) is 17.0 Å². The van der Waals surface area contributed by atoms with E-state index in [-0.39, 0.29) is 0 Å². The number of likely N-dealkylation sites (tertiary alicyclic amines) is 1. The predicted octanol–water partition coefficient (Wildman–Crippen LogP) is 3.99. The summed E-state index contributed by atoms with van der Waals surface area (Å²) in [6.45, 7) is 10.5. The zero-order valence-corrected chi connectivity index (χ0v) is 16.0. The van der Waals surface area contributed by atoms with Gasteiger partial charge in [0.2, 0.25) is 0 Å². The molecule has 0 spiro atoms. The maximum absolute atomic E-state index is 5.61. The Morgan fingerprint density at radius 3 is 2.74 bits per heavy atom. The second-order valence-corrected chi connectivity index (χ2v) is 8.47. The SMILES string of the molecule is CC(C)C(CCC1CN(C)C(C)(C)C1)Nc1cccc(SN)n1. The van der Waals surface area contributed by atoms with Crippen LogP contribution >= 0.6 is 11.9 Å². The topological polar surface area (TPSA) is 54.2 Å². The first-order valence-electron chi connectivity index (χ1n) is 8.63. The minimum atomic E-state index is 0.347. The third-order valence-electron chi connectivity index (χ3n) is 5.22. The third-order valence-corrected chi connectivity index (χ3v) is 5.69. The fourth-order valence-corrected chi connectivity index (χ4v) is 3.80. The summed E-state index contributed by atoms with van der Waals surface area (Å²) in [5.41, 5.74) is 0.347.